The molecule has 1 saturated heterocycles. The number of aromatic nitrogens is 1. The molecule has 56 heavy (non-hydrogen) atoms. The van der Waals surface area contributed by atoms with Crippen molar-refractivity contribution in [1.82, 2.24) is 15.2 Å². The zero-order valence-electron chi connectivity index (χ0n) is 34.7. The van der Waals surface area contributed by atoms with E-state index in [1.165, 1.54) is 68.9 Å². The van der Waals surface area contributed by atoms with E-state index in [2.05, 4.69) is 62.0 Å². The summed E-state index contributed by atoms with van der Waals surface area (Å²) in [4.78, 5) is 19.3. The molecule has 9 atom stereocenters. The van der Waals surface area contributed by atoms with Gasteiger partial charge in [-0.2, -0.15) is 5.26 Å². The summed E-state index contributed by atoms with van der Waals surface area (Å²) < 4.78 is 29.9. The van der Waals surface area contributed by atoms with E-state index in [-0.39, 0.29) is 28.7 Å². The average Bonchev–Trinajstić information content (AvgIpc) is 3.59. The predicted octanol–water partition coefficient (Wildman–Crippen LogP) is 7.98. The number of hydrogen-bond acceptors (Lipinski definition) is 8. The Hall–Kier alpha value is -2.74. The lowest BCUT2D eigenvalue weighted by Crippen LogP contribution is -2.67. The van der Waals surface area contributed by atoms with E-state index in [1.807, 2.05) is 6.07 Å². The Balaban J connectivity index is 0.971. The molecular formula is C46H66N4O5S. The van der Waals surface area contributed by atoms with Gasteiger partial charge in [-0.05, 0) is 140 Å². The van der Waals surface area contributed by atoms with Crippen LogP contribution in [0.4, 0.5) is 0 Å². The molecule has 0 spiro atoms. The van der Waals surface area contributed by atoms with Gasteiger partial charge in [-0.3, -0.25) is 4.79 Å². The minimum absolute atomic E-state index is 0.00503. The van der Waals surface area contributed by atoms with E-state index < -0.39 is 21.2 Å². The van der Waals surface area contributed by atoms with E-state index in [0.717, 1.165) is 37.8 Å². The Bertz CT molecular complexity index is 1920. The number of nitrogens with one attached hydrogen (secondary N) is 1. The topological polar surface area (TPSA) is 133 Å². The van der Waals surface area contributed by atoms with Crippen LogP contribution in [0, 0.1) is 62.1 Å². The number of pyridine rings is 1. The highest BCUT2D eigenvalue weighted by atomic mass is 32.2. The van der Waals surface area contributed by atoms with Crippen LogP contribution in [-0.4, -0.2) is 79.2 Å². The van der Waals surface area contributed by atoms with Gasteiger partial charge in [0.05, 0.1) is 11.5 Å². The molecule has 0 amide bonds. The second-order valence-corrected chi connectivity index (χ2v) is 22.9. The lowest BCUT2D eigenvalue weighted by molar-refractivity contribution is -0.218. The number of carboxylic acids is 1. The lowest BCUT2D eigenvalue weighted by atomic mass is 9.33. The van der Waals surface area contributed by atoms with Gasteiger partial charge in [0.1, 0.15) is 23.8 Å². The number of allylic oxidation sites excluding steroid dienone is 4. The number of aliphatic carboxylic acids is 1. The molecule has 9 nitrogen and oxygen atoms in total. The number of rotatable bonds is 9. The van der Waals surface area contributed by atoms with E-state index in [0.29, 0.717) is 66.0 Å². The van der Waals surface area contributed by atoms with Gasteiger partial charge in [-0.15, -0.1) is 0 Å². The van der Waals surface area contributed by atoms with Crippen LogP contribution < -0.4 is 10.1 Å². The molecule has 2 heterocycles. The first-order valence-corrected chi connectivity index (χ1v) is 23.6. The van der Waals surface area contributed by atoms with Crippen LogP contribution in [0.2, 0.25) is 0 Å². The number of hydrogen-bond donors (Lipinski definition) is 2. The monoisotopic (exact) mass is 786 g/mol. The molecule has 2 N–H and O–H groups in total. The molecule has 6 aliphatic carbocycles. The highest BCUT2D eigenvalue weighted by Crippen LogP contribution is 2.76. The van der Waals surface area contributed by atoms with Crippen LogP contribution in [0.15, 0.2) is 41.5 Å². The van der Waals surface area contributed by atoms with Crippen LogP contribution in [-0.2, 0) is 14.6 Å². The SMILES string of the molecule is CC1(C)C(C2=CCC(COc3cccc(C#N)n3)(C(=O)O)CC2)=CC[C@@]2(C)C1CC[C@]1(C)C2CC[C@@H]2[C@H]3CCC[C@]3(NCCN3CCS(=O)(=O)CC3)CC[C@]21C. The maximum absolute atomic E-state index is 12.7. The molecule has 0 aromatic carbocycles. The Morgan fingerprint density at radius 1 is 0.946 bits per heavy atom. The van der Waals surface area contributed by atoms with E-state index in [1.54, 1.807) is 18.2 Å². The average molecular weight is 787 g/mol. The third-order valence-corrected chi connectivity index (χ3v) is 19.6. The van der Waals surface area contributed by atoms with Crippen molar-refractivity contribution in [1.29, 1.82) is 5.26 Å². The van der Waals surface area contributed by atoms with Crippen LogP contribution >= 0.6 is 0 Å². The van der Waals surface area contributed by atoms with Crippen molar-refractivity contribution >= 4 is 15.8 Å². The zero-order chi connectivity index (χ0) is 39.8. The van der Waals surface area contributed by atoms with Crippen LogP contribution in [0.3, 0.4) is 0 Å². The summed E-state index contributed by atoms with van der Waals surface area (Å²) in [5.41, 5.74) is 3.07. The fraction of sp³-hybridized carbons (Fsp3) is 0.761. The minimum atomic E-state index is -2.85. The third kappa shape index (κ3) is 6.40. The number of nitrogens with zero attached hydrogens (tertiary/aromatic N) is 3. The maximum Gasteiger partial charge on any atom is 0.313 e. The van der Waals surface area contributed by atoms with Gasteiger partial charge in [0.25, 0.3) is 0 Å². The van der Waals surface area contributed by atoms with Crippen molar-refractivity contribution in [3.63, 3.8) is 0 Å². The summed E-state index contributed by atoms with van der Waals surface area (Å²) in [6, 6.07) is 7.04. The molecule has 1 aliphatic heterocycles. The van der Waals surface area contributed by atoms with Gasteiger partial charge in [-0.1, -0.05) is 59.3 Å². The molecule has 5 fully saturated rings. The molecule has 10 heteroatoms. The van der Waals surface area contributed by atoms with Gasteiger partial charge >= 0.3 is 5.97 Å². The van der Waals surface area contributed by atoms with Crippen LogP contribution in [0.5, 0.6) is 5.88 Å². The molecule has 1 aromatic heterocycles. The van der Waals surface area contributed by atoms with Gasteiger partial charge in [0.2, 0.25) is 5.88 Å². The Morgan fingerprint density at radius 3 is 2.45 bits per heavy atom. The highest BCUT2D eigenvalue weighted by Gasteiger charge is 2.69. The van der Waals surface area contributed by atoms with Crippen molar-refractivity contribution in [3.8, 4) is 11.9 Å². The maximum atomic E-state index is 12.7. The molecule has 3 unspecified atom stereocenters. The smallest absolute Gasteiger partial charge is 0.313 e. The second kappa shape index (κ2) is 14.2. The summed E-state index contributed by atoms with van der Waals surface area (Å²) in [5, 5.41) is 23.9. The Labute approximate surface area is 336 Å². The van der Waals surface area contributed by atoms with E-state index in [9.17, 15) is 23.6 Å². The molecule has 0 bridgehead atoms. The minimum Gasteiger partial charge on any atom is -0.481 e. The second-order valence-electron chi connectivity index (χ2n) is 20.6. The third-order valence-electron chi connectivity index (χ3n) is 18.0. The fourth-order valence-corrected chi connectivity index (χ4v) is 16.0. The van der Waals surface area contributed by atoms with Crippen LogP contribution in [0.1, 0.15) is 124 Å². The van der Waals surface area contributed by atoms with Crippen molar-refractivity contribution in [2.24, 2.45) is 50.7 Å². The first kappa shape index (κ1) is 40.1. The highest BCUT2D eigenvalue weighted by molar-refractivity contribution is 7.91. The van der Waals surface area contributed by atoms with Gasteiger partial charge in [-0.25, -0.2) is 13.4 Å². The first-order chi connectivity index (χ1) is 26.5. The number of sulfone groups is 1. The standard InChI is InChI=1S/C46H66N4O5S/c1-41(2)34(32-13-20-45(21-14-32,40(51)52)31-55-39-10-6-8-33(30-47)49-39)15-18-42(3)37(41)16-19-44(5)38(42)12-11-35-36-9-7-17-46(36,23-22-43(35,44)4)48-24-25-50-26-28-56(53,54)29-27-50/h6,8,10,13,15,35-38,48H,7,9,11-12,14,16-29,31H2,1-5H3,(H,51,52)/t35-,36-,37?,38?,42+,43-,44-,45?,46+/m1/s1. The van der Waals surface area contributed by atoms with Gasteiger partial charge < -0.3 is 20.1 Å². The Kier molecular flexibility index (Phi) is 10.2. The van der Waals surface area contributed by atoms with Crippen molar-refractivity contribution in [2.45, 2.75) is 124 Å². The van der Waals surface area contributed by atoms with Crippen molar-refractivity contribution in [2.75, 3.05) is 44.3 Å². The summed E-state index contributed by atoms with van der Waals surface area (Å²) >= 11 is 0. The molecular weight excluding hydrogens is 721 g/mol. The first-order valence-electron chi connectivity index (χ1n) is 21.8. The molecule has 0 radical (unpaired) electrons. The van der Waals surface area contributed by atoms with E-state index >= 15 is 0 Å². The normalized spacial score (nSPS) is 41.4. The Morgan fingerprint density at radius 2 is 1.73 bits per heavy atom. The fourth-order valence-electron chi connectivity index (χ4n) is 14.8. The number of carbonyl (C=O) groups is 1. The van der Waals surface area contributed by atoms with E-state index in [4.69, 9.17) is 4.74 Å². The molecule has 1 aromatic rings. The summed E-state index contributed by atoms with van der Waals surface area (Å²) in [6.07, 6.45) is 19.2. The number of carboxylic acid groups (broad SMARTS) is 1. The summed E-state index contributed by atoms with van der Waals surface area (Å²) in [7, 11) is -2.85. The quantitative estimate of drug-likeness (QED) is 0.256. The molecule has 8 rings (SSSR count). The number of fused-ring (bicyclic) bond motifs is 7. The lowest BCUT2D eigenvalue weighted by Gasteiger charge is -2.72. The summed E-state index contributed by atoms with van der Waals surface area (Å²) in [5.74, 6) is 2.77. The van der Waals surface area contributed by atoms with Gasteiger partial charge in [0.15, 0.2) is 9.84 Å². The zero-order valence-corrected chi connectivity index (χ0v) is 35.5. The molecule has 4 saturated carbocycles. The number of nitriles is 1. The molecule has 7 aliphatic rings. The summed E-state index contributed by atoms with van der Waals surface area (Å²) in [6.45, 7) is 16.3. The number of ether oxygens (including phenoxy) is 1. The molecule has 306 valence electrons. The van der Waals surface area contributed by atoms with Crippen molar-refractivity contribution < 1.29 is 23.1 Å². The largest absolute Gasteiger partial charge is 0.481 e. The van der Waals surface area contributed by atoms with Gasteiger partial charge in [0, 0.05) is 37.8 Å². The predicted molar refractivity (Wildman–Crippen MR) is 219 cm³/mol. The van der Waals surface area contributed by atoms with Crippen LogP contribution in [0.25, 0.3) is 0 Å². The van der Waals surface area contributed by atoms with Crippen molar-refractivity contribution in [3.05, 3.63) is 47.2 Å².